The maximum absolute atomic E-state index is 12.8. The zero-order valence-corrected chi connectivity index (χ0v) is 11.7. The molecule has 0 aliphatic heterocycles. The number of nitrogens with zero attached hydrogens (tertiary/aromatic N) is 1. The van der Waals surface area contributed by atoms with Crippen molar-refractivity contribution in [2.45, 2.75) is 37.9 Å². The van der Waals surface area contributed by atoms with Gasteiger partial charge in [0.2, 0.25) is 0 Å². The lowest BCUT2D eigenvalue weighted by atomic mass is 9.85. The number of hydrogen-bond donors (Lipinski definition) is 1. The van der Waals surface area contributed by atoms with Gasteiger partial charge in [0.1, 0.15) is 11.8 Å². The molecule has 0 spiro atoms. The van der Waals surface area contributed by atoms with Crippen molar-refractivity contribution in [3.05, 3.63) is 23.8 Å². The van der Waals surface area contributed by atoms with Crippen molar-refractivity contribution < 1.29 is 17.9 Å². The Morgan fingerprint density at radius 1 is 1.33 bits per heavy atom. The zero-order valence-electron chi connectivity index (χ0n) is 11.7. The molecule has 1 saturated carbocycles. The van der Waals surface area contributed by atoms with Crippen LogP contribution < -0.4 is 10.1 Å². The number of anilines is 1. The van der Waals surface area contributed by atoms with Gasteiger partial charge in [-0.1, -0.05) is 12.5 Å². The third-order valence-corrected chi connectivity index (χ3v) is 3.85. The molecule has 2 atom stereocenters. The summed E-state index contributed by atoms with van der Waals surface area (Å²) in [7, 11) is 1.47. The summed E-state index contributed by atoms with van der Waals surface area (Å²) in [6.07, 6.45) is -2.75. The number of hydrogen-bond acceptors (Lipinski definition) is 3. The molecule has 3 nitrogen and oxygen atoms in total. The Labute approximate surface area is 121 Å². The van der Waals surface area contributed by atoms with Gasteiger partial charge in [0.15, 0.2) is 0 Å². The molecule has 1 aliphatic carbocycles. The quantitative estimate of drug-likeness (QED) is 0.913. The molecule has 1 aromatic carbocycles. The third-order valence-electron chi connectivity index (χ3n) is 3.85. The van der Waals surface area contributed by atoms with Crippen LogP contribution in [-0.4, -0.2) is 19.3 Å². The average Bonchev–Trinajstić information content (AvgIpc) is 2.47. The predicted molar refractivity (Wildman–Crippen MR) is 73.1 cm³/mol. The van der Waals surface area contributed by atoms with Crippen molar-refractivity contribution in [1.29, 1.82) is 5.26 Å². The first-order valence-corrected chi connectivity index (χ1v) is 6.86. The molecule has 0 bridgehead atoms. The van der Waals surface area contributed by atoms with Crippen molar-refractivity contribution >= 4 is 5.69 Å². The van der Waals surface area contributed by atoms with Gasteiger partial charge < -0.3 is 10.1 Å². The second-order valence-corrected chi connectivity index (χ2v) is 5.24. The minimum atomic E-state index is -4.15. The lowest BCUT2D eigenvalue weighted by molar-refractivity contribution is -0.182. The van der Waals surface area contributed by atoms with E-state index in [4.69, 9.17) is 10.00 Å². The van der Waals surface area contributed by atoms with E-state index in [1.165, 1.54) is 7.11 Å². The predicted octanol–water partition coefficient (Wildman–Crippen LogP) is 4.10. The van der Waals surface area contributed by atoms with E-state index in [9.17, 15) is 13.2 Å². The summed E-state index contributed by atoms with van der Waals surface area (Å²) in [6, 6.07) is 6.73. The van der Waals surface area contributed by atoms with Crippen LogP contribution in [0.4, 0.5) is 18.9 Å². The Hall–Kier alpha value is -1.90. The second-order valence-electron chi connectivity index (χ2n) is 5.24. The molecular weight excluding hydrogens is 281 g/mol. The molecule has 1 aromatic rings. The molecule has 2 rings (SSSR count). The Bertz CT molecular complexity index is 537. The monoisotopic (exact) mass is 298 g/mol. The van der Waals surface area contributed by atoms with Gasteiger partial charge in [-0.2, -0.15) is 18.4 Å². The van der Waals surface area contributed by atoms with Crippen molar-refractivity contribution in [2.75, 3.05) is 12.4 Å². The average molecular weight is 298 g/mol. The van der Waals surface area contributed by atoms with Crippen LogP contribution in [0.25, 0.3) is 0 Å². The number of methoxy groups -OCH3 is 1. The Morgan fingerprint density at radius 3 is 2.71 bits per heavy atom. The highest BCUT2D eigenvalue weighted by Crippen LogP contribution is 2.39. The van der Waals surface area contributed by atoms with Crippen LogP contribution in [0.2, 0.25) is 0 Å². The van der Waals surface area contributed by atoms with E-state index in [1.54, 1.807) is 18.2 Å². The van der Waals surface area contributed by atoms with E-state index in [0.29, 0.717) is 29.8 Å². The third kappa shape index (κ3) is 3.60. The molecule has 2 unspecified atom stereocenters. The zero-order chi connectivity index (χ0) is 15.5. The smallest absolute Gasteiger partial charge is 0.391 e. The molecule has 1 fully saturated rings. The minimum absolute atomic E-state index is 0.0341. The van der Waals surface area contributed by atoms with Gasteiger partial charge in [-0.25, -0.2) is 0 Å². The fourth-order valence-corrected chi connectivity index (χ4v) is 2.77. The van der Waals surface area contributed by atoms with Gasteiger partial charge in [-0.3, -0.25) is 0 Å². The highest BCUT2D eigenvalue weighted by Gasteiger charge is 2.42. The van der Waals surface area contributed by atoms with E-state index < -0.39 is 12.1 Å². The Balaban J connectivity index is 2.17. The van der Waals surface area contributed by atoms with Gasteiger partial charge in [0.25, 0.3) is 0 Å². The molecule has 6 heteroatoms. The summed E-state index contributed by atoms with van der Waals surface area (Å²) < 4.78 is 43.7. The second kappa shape index (κ2) is 6.25. The largest absolute Gasteiger partial charge is 0.495 e. The summed E-state index contributed by atoms with van der Waals surface area (Å²) in [5.74, 6) is -0.799. The van der Waals surface area contributed by atoms with Crippen LogP contribution in [0.15, 0.2) is 18.2 Å². The highest BCUT2D eigenvalue weighted by atomic mass is 19.4. The molecule has 1 aliphatic rings. The van der Waals surface area contributed by atoms with Crippen molar-refractivity contribution in [3.8, 4) is 11.8 Å². The van der Waals surface area contributed by atoms with E-state index >= 15 is 0 Å². The number of alkyl halides is 3. The number of halogens is 3. The Kier molecular flexibility index (Phi) is 4.61. The summed E-state index contributed by atoms with van der Waals surface area (Å²) in [4.78, 5) is 0. The molecule has 114 valence electrons. The van der Waals surface area contributed by atoms with Crippen LogP contribution in [0.5, 0.6) is 5.75 Å². The van der Waals surface area contributed by atoms with Crippen molar-refractivity contribution in [3.63, 3.8) is 0 Å². The molecule has 0 aromatic heterocycles. The first kappa shape index (κ1) is 15.5. The fourth-order valence-electron chi connectivity index (χ4n) is 2.77. The normalized spacial score (nSPS) is 22.4. The van der Waals surface area contributed by atoms with E-state index in [2.05, 4.69) is 5.32 Å². The van der Waals surface area contributed by atoms with Crippen molar-refractivity contribution in [1.82, 2.24) is 0 Å². The lowest BCUT2D eigenvalue weighted by Gasteiger charge is -2.32. The maximum Gasteiger partial charge on any atom is 0.391 e. The number of benzene rings is 1. The molecule has 0 heterocycles. The minimum Gasteiger partial charge on any atom is -0.495 e. The first-order valence-electron chi connectivity index (χ1n) is 6.86. The van der Waals surface area contributed by atoms with Gasteiger partial charge in [0, 0.05) is 6.04 Å². The number of nitrogens with one attached hydrogen (secondary N) is 1. The lowest BCUT2D eigenvalue weighted by Crippen LogP contribution is -2.34. The van der Waals surface area contributed by atoms with Gasteiger partial charge >= 0.3 is 6.18 Å². The van der Waals surface area contributed by atoms with Crippen LogP contribution >= 0.6 is 0 Å². The summed E-state index contributed by atoms with van der Waals surface area (Å²) in [5.41, 5.74) is 0.860. The molecule has 0 amide bonds. The topological polar surface area (TPSA) is 45.0 Å². The van der Waals surface area contributed by atoms with E-state index in [0.717, 1.165) is 0 Å². The SMILES string of the molecule is COc1cccc(C#N)c1NC1CCCC(C(F)(F)F)C1. The standard InChI is InChI=1S/C15H17F3N2O/c1-21-13-7-2-4-10(9-19)14(13)20-12-6-3-5-11(8-12)15(16,17)18/h2,4,7,11-12,20H,3,5-6,8H2,1H3. The van der Waals surface area contributed by atoms with Crippen LogP contribution in [0.3, 0.4) is 0 Å². The summed E-state index contributed by atoms with van der Waals surface area (Å²) in [6.45, 7) is 0. The van der Waals surface area contributed by atoms with E-state index in [1.807, 2.05) is 6.07 Å². The number of para-hydroxylation sites is 1. The molecule has 0 saturated heterocycles. The number of nitriles is 1. The van der Waals surface area contributed by atoms with Crippen LogP contribution in [0, 0.1) is 17.2 Å². The van der Waals surface area contributed by atoms with Gasteiger partial charge in [0.05, 0.1) is 24.3 Å². The van der Waals surface area contributed by atoms with Gasteiger partial charge in [-0.15, -0.1) is 0 Å². The highest BCUT2D eigenvalue weighted by molar-refractivity contribution is 5.66. The maximum atomic E-state index is 12.8. The number of rotatable bonds is 3. The fraction of sp³-hybridized carbons (Fsp3) is 0.533. The van der Waals surface area contributed by atoms with Crippen LogP contribution in [0.1, 0.15) is 31.2 Å². The molecule has 21 heavy (non-hydrogen) atoms. The Morgan fingerprint density at radius 2 is 2.10 bits per heavy atom. The molecule has 1 N–H and O–H groups in total. The summed E-state index contributed by atoms with van der Waals surface area (Å²) in [5, 5.41) is 12.2. The van der Waals surface area contributed by atoms with Gasteiger partial charge in [-0.05, 0) is 31.4 Å². The number of ether oxygens (including phenoxy) is 1. The molecule has 0 radical (unpaired) electrons. The summed E-state index contributed by atoms with van der Waals surface area (Å²) >= 11 is 0. The van der Waals surface area contributed by atoms with Crippen molar-refractivity contribution in [2.24, 2.45) is 5.92 Å². The van der Waals surface area contributed by atoms with E-state index in [-0.39, 0.29) is 18.9 Å². The first-order chi connectivity index (χ1) is 9.95. The molecular formula is C15H17F3N2O. The van der Waals surface area contributed by atoms with Crippen LogP contribution in [-0.2, 0) is 0 Å².